The molecule has 0 aliphatic heterocycles. The van der Waals surface area contributed by atoms with E-state index in [-0.39, 0.29) is 11.4 Å². The lowest BCUT2D eigenvalue weighted by Gasteiger charge is -1.96. The maximum Gasteiger partial charge on any atom is 0.353 e. The molecular formula is C6H10N2O2. The molecule has 0 atom stereocenters. The van der Waals surface area contributed by atoms with E-state index in [4.69, 9.17) is 11.1 Å². The Balaban J connectivity index is 4.19. The molecular weight excluding hydrogens is 132 g/mol. The zero-order chi connectivity index (χ0) is 8.15. The van der Waals surface area contributed by atoms with Crippen LogP contribution in [0.4, 0.5) is 0 Å². The van der Waals surface area contributed by atoms with Gasteiger partial charge in [0.05, 0.1) is 7.11 Å². The van der Waals surface area contributed by atoms with Gasteiger partial charge in [0, 0.05) is 5.71 Å². The topological polar surface area (TPSA) is 76.2 Å². The van der Waals surface area contributed by atoms with Gasteiger partial charge >= 0.3 is 5.97 Å². The molecule has 0 bridgehead atoms. The van der Waals surface area contributed by atoms with Gasteiger partial charge < -0.3 is 15.9 Å². The van der Waals surface area contributed by atoms with Gasteiger partial charge in [-0.1, -0.05) is 0 Å². The number of nitrogens with two attached hydrogens (primary N) is 1. The van der Waals surface area contributed by atoms with Gasteiger partial charge in [-0.05, 0) is 13.0 Å². The van der Waals surface area contributed by atoms with Gasteiger partial charge in [-0.3, -0.25) is 0 Å². The number of methoxy groups -OCH3 is 1. The third-order valence-electron chi connectivity index (χ3n) is 0.793. The van der Waals surface area contributed by atoms with Gasteiger partial charge in [0.1, 0.15) is 5.70 Å². The number of rotatable bonds is 2. The van der Waals surface area contributed by atoms with Crippen LogP contribution in [0.5, 0.6) is 0 Å². The highest BCUT2D eigenvalue weighted by Crippen LogP contribution is 1.87. The minimum atomic E-state index is -0.605. The molecule has 0 aliphatic carbocycles. The number of nitrogens with one attached hydrogen (secondary N) is 1. The first-order valence-electron chi connectivity index (χ1n) is 2.68. The van der Waals surface area contributed by atoms with Crippen molar-refractivity contribution in [1.82, 2.24) is 0 Å². The molecule has 0 heterocycles. The third kappa shape index (κ3) is 2.86. The molecule has 56 valence electrons. The third-order valence-corrected chi connectivity index (χ3v) is 0.793. The Morgan fingerprint density at radius 1 is 1.70 bits per heavy atom. The van der Waals surface area contributed by atoms with Crippen molar-refractivity contribution >= 4 is 11.7 Å². The Kier molecular flexibility index (Phi) is 3.17. The molecule has 0 aromatic heterocycles. The number of esters is 1. The predicted octanol–water partition coefficient (Wildman–Crippen LogP) is 0.0417. The van der Waals surface area contributed by atoms with Crippen LogP contribution in [0.15, 0.2) is 11.8 Å². The molecule has 0 aromatic carbocycles. The second-order valence-electron chi connectivity index (χ2n) is 1.77. The lowest BCUT2D eigenvalue weighted by molar-refractivity contribution is -0.136. The lowest BCUT2D eigenvalue weighted by atomic mass is 10.3. The van der Waals surface area contributed by atoms with E-state index in [0.717, 1.165) is 0 Å². The highest BCUT2D eigenvalue weighted by molar-refractivity contribution is 5.98. The van der Waals surface area contributed by atoms with Crippen LogP contribution in [0.1, 0.15) is 6.92 Å². The number of hydrogen-bond acceptors (Lipinski definition) is 4. The number of ether oxygens (including phenoxy) is 1. The van der Waals surface area contributed by atoms with Crippen LogP contribution in [0, 0.1) is 5.41 Å². The predicted molar refractivity (Wildman–Crippen MR) is 37.7 cm³/mol. The minimum Gasteiger partial charge on any atom is -0.464 e. The average Bonchev–Trinajstić information content (AvgIpc) is 1.85. The van der Waals surface area contributed by atoms with E-state index in [0.29, 0.717) is 0 Å². The average molecular weight is 142 g/mol. The summed E-state index contributed by atoms with van der Waals surface area (Å²) in [6.07, 6.45) is 1.24. The molecule has 0 aliphatic rings. The van der Waals surface area contributed by atoms with Crippen LogP contribution in [-0.4, -0.2) is 18.8 Å². The van der Waals surface area contributed by atoms with E-state index in [2.05, 4.69) is 4.74 Å². The molecule has 0 unspecified atom stereocenters. The standard InChI is InChI=1S/C6H10N2O2/c1-4(7)3-5(8)6(9)10-2/h3,7H,8H2,1-2H3/b5-3-,7-4?. The fourth-order valence-electron chi connectivity index (χ4n) is 0.410. The summed E-state index contributed by atoms with van der Waals surface area (Å²) in [6.45, 7) is 1.52. The molecule has 10 heavy (non-hydrogen) atoms. The Hall–Kier alpha value is -1.32. The van der Waals surface area contributed by atoms with Crippen molar-refractivity contribution in [3.63, 3.8) is 0 Å². The van der Waals surface area contributed by atoms with E-state index in [1.165, 1.54) is 20.1 Å². The van der Waals surface area contributed by atoms with Gasteiger partial charge in [-0.2, -0.15) is 0 Å². The molecule has 0 rings (SSSR count). The van der Waals surface area contributed by atoms with E-state index < -0.39 is 5.97 Å². The molecule has 0 fully saturated rings. The van der Waals surface area contributed by atoms with Crippen molar-refractivity contribution in [2.75, 3.05) is 7.11 Å². The summed E-state index contributed by atoms with van der Waals surface area (Å²) in [5.74, 6) is -0.605. The summed E-state index contributed by atoms with van der Waals surface area (Å²) in [5, 5.41) is 6.93. The molecule has 0 radical (unpaired) electrons. The molecule has 0 saturated heterocycles. The first-order valence-corrected chi connectivity index (χ1v) is 2.68. The van der Waals surface area contributed by atoms with Gasteiger partial charge in [0.2, 0.25) is 0 Å². The van der Waals surface area contributed by atoms with Crippen molar-refractivity contribution in [1.29, 1.82) is 5.41 Å². The molecule has 0 aromatic rings. The largest absolute Gasteiger partial charge is 0.464 e. The van der Waals surface area contributed by atoms with Crippen molar-refractivity contribution in [2.45, 2.75) is 6.92 Å². The summed E-state index contributed by atoms with van der Waals surface area (Å²) >= 11 is 0. The van der Waals surface area contributed by atoms with Gasteiger partial charge in [0.25, 0.3) is 0 Å². The molecule has 0 spiro atoms. The first-order chi connectivity index (χ1) is 4.57. The smallest absolute Gasteiger partial charge is 0.353 e. The van der Waals surface area contributed by atoms with E-state index in [9.17, 15) is 4.79 Å². The maximum absolute atomic E-state index is 10.5. The van der Waals surface area contributed by atoms with Gasteiger partial charge in [-0.15, -0.1) is 0 Å². The van der Waals surface area contributed by atoms with Crippen LogP contribution in [-0.2, 0) is 9.53 Å². The molecule has 0 amide bonds. The van der Waals surface area contributed by atoms with Crippen molar-refractivity contribution in [2.24, 2.45) is 5.73 Å². The Morgan fingerprint density at radius 3 is 2.50 bits per heavy atom. The monoisotopic (exact) mass is 142 g/mol. The highest BCUT2D eigenvalue weighted by Gasteiger charge is 2.02. The zero-order valence-corrected chi connectivity index (χ0v) is 5.97. The zero-order valence-electron chi connectivity index (χ0n) is 5.97. The maximum atomic E-state index is 10.5. The van der Waals surface area contributed by atoms with Crippen LogP contribution in [0.3, 0.4) is 0 Å². The summed E-state index contributed by atoms with van der Waals surface area (Å²) in [7, 11) is 1.24. The molecule has 0 saturated carbocycles. The highest BCUT2D eigenvalue weighted by atomic mass is 16.5. The fraction of sp³-hybridized carbons (Fsp3) is 0.333. The van der Waals surface area contributed by atoms with E-state index in [1.807, 2.05) is 0 Å². The van der Waals surface area contributed by atoms with Gasteiger partial charge in [-0.25, -0.2) is 4.79 Å². The van der Waals surface area contributed by atoms with E-state index >= 15 is 0 Å². The molecule has 4 nitrogen and oxygen atoms in total. The molecule has 3 N–H and O–H groups in total. The number of carbonyl (C=O) groups is 1. The fourth-order valence-corrected chi connectivity index (χ4v) is 0.410. The Bertz CT molecular complexity index is 184. The normalized spacial score (nSPS) is 10.8. The second kappa shape index (κ2) is 3.66. The summed E-state index contributed by atoms with van der Waals surface area (Å²) < 4.78 is 4.28. The lowest BCUT2D eigenvalue weighted by Crippen LogP contribution is -2.13. The van der Waals surface area contributed by atoms with Crippen LogP contribution < -0.4 is 5.73 Å². The quantitative estimate of drug-likeness (QED) is 0.324. The SMILES string of the molecule is COC(=O)/C(N)=C/C(C)=N. The summed E-state index contributed by atoms with van der Waals surface area (Å²) in [6, 6.07) is 0. The van der Waals surface area contributed by atoms with Crippen LogP contribution in [0.2, 0.25) is 0 Å². The van der Waals surface area contributed by atoms with Crippen molar-refractivity contribution < 1.29 is 9.53 Å². The van der Waals surface area contributed by atoms with Crippen LogP contribution in [0.25, 0.3) is 0 Å². The van der Waals surface area contributed by atoms with Crippen molar-refractivity contribution in [3.05, 3.63) is 11.8 Å². The second-order valence-corrected chi connectivity index (χ2v) is 1.77. The number of hydrogen-bond donors (Lipinski definition) is 2. The van der Waals surface area contributed by atoms with Crippen molar-refractivity contribution in [3.8, 4) is 0 Å². The summed E-state index contributed by atoms with van der Waals surface area (Å²) in [5.41, 5.74) is 5.35. The van der Waals surface area contributed by atoms with Crippen LogP contribution >= 0.6 is 0 Å². The summed E-state index contributed by atoms with van der Waals surface area (Å²) in [4.78, 5) is 10.5. The Morgan fingerprint density at radius 2 is 2.20 bits per heavy atom. The van der Waals surface area contributed by atoms with Gasteiger partial charge in [0.15, 0.2) is 0 Å². The first kappa shape index (κ1) is 8.68. The van der Waals surface area contributed by atoms with E-state index in [1.54, 1.807) is 0 Å². The Labute approximate surface area is 59.2 Å². The number of carbonyl (C=O) groups excluding carboxylic acids is 1. The molecule has 4 heteroatoms. The number of allylic oxidation sites excluding steroid dienone is 1. The minimum absolute atomic E-state index is 0.0463.